The Labute approximate surface area is 166 Å². The molecule has 154 valence electrons. The highest BCUT2D eigenvalue weighted by atomic mass is 35.5. The number of alkyl carbamates (subject to hydrolysis) is 1. The molecule has 0 aromatic carbocycles. The Kier molecular flexibility index (Phi) is 6.25. The Morgan fingerprint density at radius 3 is 2.75 bits per heavy atom. The van der Waals surface area contributed by atoms with E-state index in [1.807, 2.05) is 6.07 Å². The summed E-state index contributed by atoms with van der Waals surface area (Å²) < 4.78 is 31.7. The predicted molar refractivity (Wildman–Crippen MR) is 94.7 cm³/mol. The lowest BCUT2D eigenvalue weighted by Crippen LogP contribution is -2.52. The van der Waals surface area contributed by atoms with E-state index in [2.05, 4.69) is 5.32 Å². The van der Waals surface area contributed by atoms with E-state index in [0.717, 1.165) is 0 Å². The fourth-order valence-electron chi connectivity index (χ4n) is 3.55. The molecule has 8 nitrogen and oxygen atoms in total. The average Bonchev–Trinajstić information content (AvgIpc) is 3.09. The van der Waals surface area contributed by atoms with Crippen LogP contribution in [0.4, 0.5) is 13.6 Å². The number of hydrogen-bond donors (Lipinski definition) is 1. The quantitative estimate of drug-likeness (QED) is 0.427. The molecule has 11 heteroatoms. The third-order valence-corrected chi connectivity index (χ3v) is 5.51. The maximum atomic E-state index is 13.2. The first kappa shape index (κ1) is 20.6. The summed E-state index contributed by atoms with van der Waals surface area (Å²) in [5, 5.41) is 14.7. The summed E-state index contributed by atoms with van der Waals surface area (Å²) in [7, 11) is 0. The summed E-state index contributed by atoms with van der Waals surface area (Å²) in [6, 6.07) is 1.60. The smallest absolute Gasteiger partial charge is 0.407 e. The van der Waals surface area contributed by atoms with Crippen LogP contribution in [0.1, 0.15) is 32.1 Å². The van der Waals surface area contributed by atoms with Crippen LogP contribution in [-0.4, -0.2) is 70.1 Å². The molecule has 1 N–H and O–H groups in total. The van der Waals surface area contributed by atoms with Crippen LogP contribution in [0, 0.1) is 11.3 Å². The van der Waals surface area contributed by atoms with Crippen LogP contribution < -0.4 is 5.32 Å². The molecule has 28 heavy (non-hydrogen) atoms. The summed E-state index contributed by atoms with van der Waals surface area (Å²) in [5.74, 6) is -3.05. The normalized spacial score (nSPS) is 28.3. The van der Waals surface area contributed by atoms with Crippen molar-refractivity contribution in [3.05, 3.63) is 12.4 Å². The van der Waals surface area contributed by atoms with Crippen molar-refractivity contribution in [1.82, 2.24) is 20.2 Å². The van der Waals surface area contributed by atoms with E-state index >= 15 is 0 Å². The second-order valence-electron chi connectivity index (χ2n) is 7.14. The number of nitrogens with zero attached hydrogens (tertiary/aromatic N) is 4. The molecule has 2 atom stereocenters. The topological polar surface area (TPSA) is 88.9 Å². The lowest BCUT2D eigenvalue weighted by molar-refractivity contribution is -0.136. The van der Waals surface area contributed by atoms with Gasteiger partial charge in [-0.15, -0.1) is 0 Å². The first-order valence-electron chi connectivity index (χ1n) is 9.17. The largest absolute Gasteiger partial charge is 0.445 e. The number of rotatable bonds is 4. The van der Waals surface area contributed by atoms with E-state index in [1.54, 1.807) is 16.2 Å². The molecule has 0 aromatic rings. The van der Waals surface area contributed by atoms with Gasteiger partial charge in [-0.1, -0.05) is 11.6 Å². The molecule has 1 saturated carbocycles. The number of carbonyl (C=O) groups excluding carboxylic acids is 2. The van der Waals surface area contributed by atoms with Gasteiger partial charge in [-0.2, -0.15) is 5.26 Å². The zero-order valence-corrected chi connectivity index (χ0v) is 15.9. The molecule has 1 aliphatic carbocycles. The standard InChI is InChI=1S/C17H22ClF2N5O3/c18-14-15(26)23(8-6-21)9-10-25(14)24-7-3-13(11-24)28-16(27)22-12-1-4-17(19,20)5-2-12/h9-10,12-14H,1-5,7-8,11H2,(H,22,27)/t13-,14?/m1/s1. The van der Waals surface area contributed by atoms with E-state index in [9.17, 15) is 18.4 Å². The number of hydrazine groups is 1. The van der Waals surface area contributed by atoms with E-state index in [-0.39, 0.29) is 38.3 Å². The highest BCUT2D eigenvalue weighted by Gasteiger charge is 2.38. The molecule has 0 bridgehead atoms. The number of amides is 2. The SMILES string of the molecule is N#CCN1C=CN(N2CC[C@@H](OC(=O)NC3CCC(F)(F)CC3)C2)C(Cl)C1=O. The molecule has 2 fully saturated rings. The van der Waals surface area contributed by atoms with Crippen LogP contribution in [0.25, 0.3) is 0 Å². The van der Waals surface area contributed by atoms with E-state index < -0.39 is 29.5 Å². The minimum absolute atomic E-state index is 0.0780. The van der Waals surface area contributed by atoms with Crippen LogP contribution in [0.3, 0.4) is 0 Å². The minimum atomic E-state index is -2.64. The number of alkyl halides is 3. The molecule has 2 amide bonds. The monoisotopic (exact) mass is 417 g/mol. The molecule has 2 aliphatic heterocycles. The number of halogens is 3. The van der Waals surface area contributed by atoms with Gasteiger partial charge in [0.25, 0.3) is 5.91 Å². The van der Waals surface area contributed by atoms with Gasteiger partial charge in [-0.25, -0.2) is 18.6 Å². The second kappa shape index (κ2) is 8.49. The summed E-state index contributed by atoms with van der Waals surface area (Å²) in [6.45, 7) is 0.813. The molecule has 0 radical (unpaired) electrons. The predicted octanol–water partition coefficient (Wildman–Crippen LogP) is 1.98. The summed E-state index contributed by atoms with van der Waals surface area (Å²) in [6.07, 6.45) is 2.64. The Balaban J connectivity index is 1.46. The Morgan fingerprint density at radius 1 is 1.36 bits per heavy atom. The third-order valence-electron chi connectivity index (χ3n) is 5.12. The molecule has 3 rings (SSSR count). The van der Waals surface area contributed by atoms with Gasteiger partial charge in [0, 0.05) is 44.2 Å². The van der Waals surface area contributed by atoms with Crippen LogP contribution in [-0.2, 0) is 9.53 Å². The Bertz CT molecular complexity index is 676. The molecular weight excluding hydrogens is 396 g/mol. The van der Waals surface area contributed by atoms with Crippen LogP contribution in [0.5, 0.6) is 0 Å². The Hall–Kier alpha value is -2.12. The maximum absolute atomic E-state index is 13.2. The lowest BCUT2D eigenvalue weighted by Gasteiger charge is -2.38. The van der Waals surface area contributed by atoms with Crippen LogP contribution >= 0.6 is 11.6 Å². The first-order chi connectivity index (χ1) is 13.3. The zero-order valence-electron chi connectivity index (χ0n) is 15.2. The van der Waals surface area contributed by atoms with Gasteiger partial charge < -0.3 is 15.0 Å². The average molecular weight is 418 g/mol. The molecule has 1 saturated heterocycles. The van der Waals surface area contributed by atoms with Gasteiger partial charge in [-0.05, 0) is 12.8 Å². The Morgan fingerprint density at radius 2 is 2.07 bits per heavy atom. The number of ether oxygens (including phenoxy) is 1. The summed E-state index contributed by atoms with van der Waals surface area (Å²) >= 11 is 6.20. The molecule has 1 unspecified atom stereocenters. The molecule has 2 heterocycles. The lowest BCUT2D eigenvalue weighted by atomic mass is 9.92. The van der Waals surface area contributed by atoms with Gasteiger partial charge in [0.1, 0.15) is 12.6 Å². The summed E-state index contributed by atoms with van der Waals surface area (Å²) in [4.78, 5) is 25.5. The van der Waals surface area contributed by atoms with Crippen molar-refractivity contribution in [3.63, 3.8) is 0 Å². The van der Waals surface area contributed by atoms with Crippen molar-refractivity contribution < 1.29 is 23.1 Å². The maximum Gasteiger partial charge on any atom is 0.407 e. The third kappa shape index (κ3) is 4.83. The molecule has 0 spiro atoms. The first-order valence-corrected chi connectivity index (χ1v) is 9.61. The number of carbonyl (C=O) groups is 2. The van der Waals surface area contributed by atoms with Gasteiger partial charge >= 0.3 is 6.09 Å². The second-order valence-corrected chi connectivity index (χ2v) is 7.55. The molecule has 0 aromatic heterocycles. The highest BCUT2D eigenvalue weighted by molar-refractivity contribution is 6.30. The highest BCUT2D eigenvalue weighted by Crippen LogP contribution is 2.33. The summed E-state index contributed by atoms with van der Waals surface area (Å²) in [5.41, 5.74) is -0.977. The van der Waals surface area contributed by atoms with Crippen molar-refractivity contribution in [3.8, 4) is 6.07 Å². The van der Waals surface area contributed by atoms with Gasteiger partial charge in [0.05, 0.1) is 12.6 Å². The van der Waals surface area contributed by atoms with Crippen LogP contribution in [0.2, 0.25) is 0 Å². The van der Waals surface area contributed by atoms with E-state index in [4.69, 9.17) is 21.6 Å². The van der Waals surface area contributed by atoms with Gasteiger partial charge in [0.15, 0.2) is 5.50 Å². The van der Waals surface area contributed by atoms with Crippen LogP contribution in [0.15, 0.2) is 12.4 Å². The number of hydrogen-bond acceptors (Lipinski definition) is 6. The van der Waals surface area contributed by atoms with Crippen molar-refractivity contribution >= 4 is 23.6 Å². The number of nitrogens with one attached hydrogen (secondary N) is 1. The van der Waals surface area contributed by atoms with Gasteiger partial charge in [0.2, 0.25) is 5.92 Å². The van der Waals surface area contributed by atoms with Crippen molar-refractivity contribution in [1.29, 1.82) is 5.26 Å². The fourth-order valence-corrected chi connectivity index (χ4v) is 3.86. The number of nitriles is 1. The van der Waals surface area contributed by atoms with E-state index in [1.165, 1.54) is 11.1 Å². The zero-order chi connectivity index (χ0) is 20.3. The fraction of sp³-hybridized carbons (Fsp3) is 0.706. The van der Waals surface area contributed by atoms with Crippen molar-refractivity contribution in [2.75, 3.05) is 19.6 Å². The van der Waals surface area contributed by atoms with Gasteiger partial charge in [-0.3, -0.25) is 9.80 Å². The molecular formula is C17H22ClF2N5O3. The van der Waals surface area contributed by atoms with E-state index in [0.29, 0.717) is 19.5 Å². The minimum Gasteiger partial charge on any atom is -0.445 e. The van der Waals surface area contributed by atoms with Crippen molar-refractivity contribution in [2.24, 2.45) is 0 Å². The van der Waals surface area contributed by atoms with Crippen molar-refractivity contribution in [2.45, 2.75) is 55.7 Å². The molecule has 3 aliphatic rings.